The van der Waals surface area contributed by atoms with Gasteiger partial charge in [0.15, 0.2) is 0 Å². The lowest BCUT2D eigenvalue weighted by molar-refractivity contribution is 0.122. The molecule has 18 heavy (non-hydrogen) atoms. The van der Waals surface area contributed by atoms with Crippen molar-refractivity contribution in [2.75, 3.05) is 13.7 Å². The number of nitriles is 1. The highest BCUT2D eigenvalue weighted by atomic mass is 32.2. The van der Waals surface area contributed by atoms with Gasteiger partial charge in [-0.2, -0.15) is 5.26 Å². The summed E-state index contributed by atoms with van der Waals surface area (Å²) < 4.78 is 44.3. The number of nitrogens with zero attached hydrogens (tertiary/aromatic N) is 1. The average molecular weight is 272 g/mol. The lowest BCUT2D eigenvalue weighted by atomic mass is 10.2. The van der Waals surface area contributed by atoms with Crippen molar-refractivity contribution in [2.45, 2.75) is 17.9 Å². The van der Waals surface area contributed by atoms with Crippen molar-refractivity contribution in [3.8, 4) is 6.07 Å². The molecule has 0 aliphatic rings. The van der Waals surface area contributed by atoms with E-state index in [0.717, 1.165) is 6.07 Å². The molecular weight excluding hydrogens is 259 g/mol. The van der Waals surface area contributed by atoms with Gasteiger partial charge in [-0.15, -0.1) is 0 Å². The van der Waals surface area contributed by atoms with Crippen molar-refractivity contribution in [1.29, 1.82) is 5.26 Å². The summed E-state index contributed by atoms with van der Waals surface area (Å²) in [5.74, 6) is -0.861. The minimum atomic E-state index is -3.92. The predicted molar refractivity (Wildman–Crippen MR) is 62.8 cm³/mol. The van der Waals surface area contributed by atoms with Crippen molar-refractivity contribution in [3.05, 3.63) is 29.6 Å². The standard InChI is InChI=1S/C11H13FN2O3S/c1-8(17-2)7-14-18(15,16)11-5-3-4-10(12)9(11)6-13/h3-5,8,14H,7H2,1-2H3. The Labute approximate surface area is 105 Å². The number of benzene rings is 1. The summed E-state index contributed by atoms with van der Waals surface area (Å²) in [4.78, 5) is -0.367. The van der Waals surface area contributed by atoms with Crippen molar-refractivity contribution in [1.82, 2.24) is 4.72 Å². The van der Waals surface area contributed by atoms with Crippen LogP contribution in [0.5, 0.6) is 0 Å². The molecule has 1 N–H and O–H groups in total. The second-order valence-electron chi connectivity index (χ2n) is 3.62. The normalized spacial score (nSPS) is 13.0. The first-order chi connectivity index (χ1) is 8.42. The predicted octanol–water partition coefficient (Wildman–Crippen LogP) is 1.01. The Bertz CT molecular complexity index is 566. The van der Waals surface area contributed by atoms with E-state index in [1.165, 1.54) is 19.2 Å². The van der Waals surface area contributed by atoms with Crippen molar-refractivity contribution in [2.24, 2.45) is 0 Å². The number of hydrogen-bond donors (Lipinski definition) is 1. The Morgan fingerprint density at radius 2 is 2.22 bits per heavy atom. The van der Waals surface area contributed by atoms with E-state index >= 15 is 0 Å². The molecule has 0 aliphatic carbocycles. The number of ether oxygens (including phenoxy) is 1. The molecule has 0 saturated heterocycles. The Balaban J connectivity index is 3.07. The highest BCUT2D eigenvalue weighted by Crippen LogP contribution is 2.17. The van der Waals surface area contributed by atoms with E-state index in [9.17, 15) is 12.8 Å². The Kier molecular flexibility index (Phi) is 4.78. The molecule has 0 amide bonds. The zero-order valence-electron chi connectivity index (χ0n) is 9.97. The summed E-state index contributed by atoms with van der Waals surface area (Å²) >= 11 is 0. The van der Waals surface area contributed by atoms with Gasteiger partial charge in [0.05, 0.1) is 6.10 Å². The monoisotopic (exact) mass is 272 g/mol. The molecular formula is C11H13FN2O3S. The second kappa shape index (κ2) is 5.91. The van der Waals surface area contributed by atoms with Crippen LogP contribution in [0.1, 0.15) is 12.5 Å². The highest BCUT2D eigenvalue weighted by Gasteiger charge is 2.21. The number of hydrogen-bond acceptors (Lipinski definition) is 4. The molecule has 0 aromatic heterocycles. The van der Waals surface area contributed by atoms with E-state index in [0.29, 0.717) is 0 Å². The van der Waals surface area contributed by atoms with Gasteiger partial charge in [0.2, 0.25) is 10.0 Å². The second-order valence-corrected chi connectivity index (χ2v) is 5.36. The molecule has 0 heterocycles. The minimum Gasteiger partial charge on any atom is -0.380 e. The third kappa shape index (κ3) is 3.26. The largest absolute Gasteiger partial charge is 0.380 e. The van der Waals surface area contributed by atoms with E-state index in [4.69, 9.17) is 10.00 Å². The van der Waals surface area contributed by atoms with Crippen LogP contribution in [0.3, 0.4) is 0 Å². The number of rotatable bonds is 5. The van der Waals surface area contributed by atoms with Crippen LogP contribution in [-0.4, -0.2) is 28.2 Å². The van der Waals surface area contributed by atoms with Gasteiger partial charge >= 0.3 is 0 Å². The maximum Gasteiger partial charge on any atom is 0.242 e. The first-order valence-electron chi connectivity index (χ1n) is 5.13. The quantitative estimate of drug-likeness (QED) is 0.867. The molecule has 7 heteroatoms. The van der Waals surface area contributed by atoms with E-state index in [2.05, 4.69) is 4.72 Å². The molecule has 0 fully saturated rings. The third-order valence-electron chi connectivity index (χ3n) is 2.34. The summed E-state index contributed by atoms with van der Waals surface area (Å²) in [5.41, 5.74) is -0.491. The van der Waals surface area contributed by atoms with Crippen LogP contribution in [0.4, 0.5) is 4.39 Å². The Morgan fingerprint density at radius 3 is 2.78 bits per heavy atom. The molecule has 0 spiro atoms. The number of methoxy groups -OCH3 is 1. The summed E-state index contributed by atoms with van der Waals surface area (Å²) in [5, 5.41) is 8.78. The van der Waals surface area contributed by atoms with Crippen LogP contribution in [0.2, 0.25) is 0 Å². The van der Waals surface area contributed by atoms with Crippen LogP contribution in [0.25, 0.3) is 0 Å². The van der Waals surface area contributed by atoms with Gasteiger partial charge in [0.25, 0.3) is 0 Å². The molecule has 0 radical (unpaired) electrons. The molecule has 1 aromatic rings. The molecule has 1 atom stereocenters. The Hall–Kier alpha value is -1.49. The smallest absolute Gasteiger partial charge is 0.242 e. The molecule has 0 saturated carbocycles. The average Bonchev–Trinajstić information content (AvgIpc) is 2.35. The van der Waals surface area contributed by atoms with Gasteiger partial charge in [-0.3, -0.25) is 0 Å². The van der Waals surface area contributed by atoms with Crippen molar-refractivity contribution >= 4 is 10.0 Å². The topological polar surface area (TPSA) is 79.2 Å². The van der Waals surface area contributed by atoms with Crippen LogP contribution >= 0.6 is 0 Å². The van der Waals surface area contributed by atoms with Gasteiger partial charge in [0.1, 0.15) is 22.3 Å². The number of nitrogens with one attached hydrogen (secondary N) is 1. The summed E-state index contributed by atoms with van der Waals surface area (Å²) in [6, 6.07) is 5.01. The fourth-order valence-corrected chi connectivity index (χ4v) is 2.50. The van der Waals surface area contributed by atoms with Gasteiger partial charge in [0, 0.05) is 13.7 Å². The third-order valence-corrected chi connectivity index (χ3v) is 3.81. The zero-order chi connectivity index (χ0) is 13.8. The summed E-state index contributed by atoms with van der Waals surface area (Å²) in [6.45, 7) is 1.72. The first-order valence-corrected chi connectivity index (χ1v) is 6.61. The fourth-order valence-electron chi connectivity index (χ4n) is 1.22. The lowest BCUT2D eigenvalue weighted by Crippen LogP contribution is -2.32. The van der Waals surface area contributed by atoms with Crippen LogP contribution in [0, 0.1) is 17.1 Å². The number of sulfonamides is 1. The molecule has 1 rings (SSSR count). The van der Waals surface area contributed by atoms with E-state index in [-0.39, 0.29) is 17.5 Å². The van der Waals surface area contributed by atoms with Crippen molar-refractivity contribution < 1.29 is 17.5 Å². The van der Waals surface area contributed by atoms with Crippen LogP contribution < -0.4 is 4.72 Å². The highest BCUT2D eigenvalue weighted by molar-refractivity contribution is 7.89. The molecule has 98 valence electrons. The SMILES string of the molecule is COC(C)CNS(=O)(=O)c1cccc(F)c1C#N. The molecule has 0 bridgehead atoms. The first kappa shape index (κ1) is 14.6. The van der Waals surface area contributed by atoms with E-state index < -0.39 is 21.4 Å². The van der Waals surface area contributed by atoms with Crippen molar-refractivity contribution in [3.63, 3.8) is 0 Å². The maximum atomic E-state index is 13.3. The van der Waals surface area contributed by atoms with Gasteiger partial charge < -0.3 is 4.74 Å². The van der Waals surface area contributed by atoms with Crippen LogP contribution in [-0.2, 0) is 14.8 Å². The lowest BCUT2D eigenvalue weighted by Gasteiger charge is -2.12. The Morgan fingerprint density at radius 1 is 1.56 bits per heavy atom. The summed E-state index contributed by atoms with van der Waals surface area (Å²) in [6.07, 6.45) is -0.320. The fraction of sp³-hybridized carbons (Fsp3) is 0.364. The van der Waals surface area contributed by atoms with Gasteiger partial charge in [-0.25, -0.2) is 17.5 Å². The number of halogens is 1. The maximum absolute atomic E-state index is 13.3. The van der Waals surface area contributed by atoms with Gasteiger partial charge in [-0.1, -0.05) is 6.07 Å². The zero-order valence-corrected chi connectivity index (χ0v) is 10.8. The summed E-state index contributed by atoms with van der Waals surface area (Å²) in [7, 11) is -2.48. The molecule has 5 nitrogen and oxygen atoms in total. The molecule has 1 aromatic carbocycles. The molecule has 1 unspecified atom stereocenters. The van der Waals surface area contributed by atoms with Gasteiger partial charge in [-0.05, 0) is 19.1 Å². The molecule has 0 aliphatic heterocycles. The van der Waals surface area contributed by atoms with Crippen LogP contribution in [0.15, 0.2) is 23.1 Å². The van der Waals surface area contributed by atoms with E-state index in [1.54, 1.807) is 13.0 Å². The van der Waals surface area contributed by atoms with E-state index in [1.807, 2.05) is 0 Å². The minimum absolute atomic E-state index is 0.0419.